The quantitative estimate of drug-likeness (QED) is 0.847. The van der Waals surface area contributed by atoms with Gasteiger partial charge in [0.1, 0.15) is 0 Å². The molecule has 96 valence electrons. The molecule has 1 heterocycles. The molecule has 0 radical (unpaired) electrons. The van der Waals surface area contributed by atoms with E-state index in [-0.39, 0.29) is 0 Å². The van der Waals surface area contributed by atoms with Gasteiger partial charge in [0.2, 0.25) is 0 Å². The smallest absolute Gasteiger partial charge is 0.167 e. The van der Waals surface area contributed by atoms with Gasteiger partial charge in [0.05, 0.1) is 5.69 Å². The van der Waals surface area contributed by atoms with Crippen molar-refractivity contribution in [3.8, 4) is 11.3 Å². The van der Waals surface area contributed by atoms with Gasteiger partial charge in [-0.1, -0.05) is 42.4 Å². The molecule has 0 unspecified atom stereocenters. The van der Waals surface area contributed by atoms with Crippen LogP contribution in [-0.2, 0) is 6.54 Å². The van der Waals surface area contributed by atoms with E-state index in [1.165, 1.54) is 0 Å². The Morgan fingerprint density at radius 2 is 2.06 bits per heavy atom. The minimum Gasteiger partial charge on any atom is -0.356 e. The molecular formula is C14H19N3O. The molecule has 1 aromatic heterocycles. The van der Waals surface area contributed by atoms with E-state index in [1.807, 2.05) is 36.4 Å². The number of hydrogen-bond donors (Lipinski definition) is 1. The molecule has 0 fully saturated rings. The maximum atomic E-state index is 5.57. The first-order chi connectivity index (χ1) is 8.83. The molecule has 4 heteroatoms. The first-order valence-electron chi connectivity index (χ1n) is 6.27. The van der Waals surface area contributed by atoms with E-state index in [0.29, 0.717) is 6.54 Å². The summed E-state index contributed by atoms with van der Waals surface area (Å²) in [7, 11) is 0. The van der Waals surface area contributed by atoms with Crippen molar-refractivity contribution in [2.75, 3.05) is 19.6 Å². The van der Waals surface area contributed by atoms with Gasteiger partial charge < -0.3 is 10.3 Å². The van der Waals surface area contributed by atoms with Crippen LogP contribution in [0.2, 0.25) is 0 Å². The third-order valence-electron chi connectivity index (χ3n) is 2.90. The number of likely N-dealkylation sites (N-methyl/N-ethyl adjacent to an activating group) is 1. The molecule has 0 saturated heterocycles. The van der Waals surface area contributed by atoms with Gasteiger partial charge in [-0.25, -0.2) is 0 Å². The molecule has 2 rings (SSSR count). The Hall–Kier alpha value is -1.65. The summed E-state index contributed by atoms with van der Waals surface area (Å²) >= 11 is 0. The van der Waals surface area contributed by atoms with Gasteiger partial charge in [-0.2, -0.15) is 0 Å². The highest BCUT2D eigenvalue weighted by atomic mass is 16.5. The number of aromatic nitrogens is 1. The average molecular weight is 245 g/mol. The van der Waals surface area contributed by atoms with Crippen LogP contribution in [0.5, 0.6) is 0 Å². The normalized spacial score (nSPS) is 11.1. The van der Waals surface area contributed by atoms with E-state index in [4.69, 9.17) is 10.3 Å². The molecule has 18 heavy (non-hydrogen) atoms. The molecule has 0 spiro atoms. The zero-order valence-corrected chi connectivity index (χ0v) is 10.7. The van der Waals surface area contributed by atoms with Crippen LogP contribution in [0.4, 0.5) is 0 Å². The molecule has 0 aliphatic heterocycles. The molecule has 2 N–H and O–H groups in total. The van der Waals surface area contributed by atoms with E-state index >= 15 is 0 Å². The maximum Gasteiger partial charge on any atom is 0.167 e. The summed E-state index contributed by atoms with van der Waals surface area (Å²) in [5, 5.41) is 4.11. The van der Waals surface area contributed by atoms with Crippen molar-refractivity contribution < 1.29 is 4.52 Å². The minimum atomic E-state index is 0.664. The third-order valence-corrected chi connectivity index (χ3v) is 2.90. The van der Waals surface area contributed by atoms with Crippen LogP contribution in [0.25, 0.3) is 11.3 Å². The first-order valence-corrected chi connectivity index (χ1v) is 6.27. The lowest BCUT2D eigenvalue weighted by molar-refractivity contribution is 0.277. The van der Waals surface area contributed by atoms with Gasteiger partial charge in [-0.05, 0) is 6.54 Å². The Bertz CT molecular complexity index is 467. The number of hydrogen-bond acceptors (Lipinski definition) is 4. The lowest BCUT2D eigenvalue weighted by Gasteiger charge is -2.17. The zero-order chi connectivity index (χ0) is 12.8. The Kier molecular flexibility index (Phi) is 4.50. The largest absolute Gasteiger partial charge is 0.356 e. The molecule has 0 saturated carbocycles. The molecular weight excluding hydrogens is 226 g/mol. The summed E-state index contributed by atoms with van der Waals surface area (Å²) in [6.07, 6.45) is 0. The number of rotatable bonds is 6. The maximum absolute atomic E-state index is 5.57. The molecule has 1 aromatic carbocycles. The van der Waals surface area contributed by atoms with Gasteiger partial charge in [-0.15, -0.1) is 0 Å². The summed E-state index contributed by atoms with van der Waals surface area (Å²) < 4.78 is 5.37. The Morgan fingerprint density at radius 1 is 1.28 bits per heavy atom. The molecule has 0 aliphatic rings. The van der Waals surface area contributed by atoms with Crippen LogP contribution < -0.4 is 5.73 Å². The van der Waals surface area contributed by atoms with Gasteiger partial charge in [-0.3, -0.25) is 4.90 Å². The molecule has 0 atom stereocenters. The fraction of sp³-hybridized carbons (Fsp3) is 0.357. The fourth-order valence-electron chi connectivity index (χ4n) is 1.89. The van der Waals surface area contributed by atoms with Crippen LogP contribution in [-0.4, -0.2) is 29.7 Å². The van der Waals surface area contributed by atoms with Crippen LogP contribution in [0.15, 0.2) is 40.9 Å². The van der Waals surface area contributed by atoms with Gasteiger partial charge in [0.15, 0.2) is 5.76 Å². The van der Waals surface area contributed by atoms with E-state index < -0.39 is 0 Å². The summed E-state index contributed by atoms with van der Waals surface area (Å²) in [5.41, 5.74) is 7.57. The van der Waals surface area contributed by atoms with Crippen molar-refractivity contribution in [2.24, 2.45) is 5.73 Å². The predicted molar refractivity (Wildman–Crippen MR) is 71.9 cm³/mol. The summed E-state index contributed by atoms with van der Waals surface area (Å²) in [5.74, 6) is 0.814. The molecule has 0 bridgehead atoms. The van der Waals surface area contributed by atoms with Crippen molar-refractivity contribution in [1.82, 2.24) is 10.1 Å². The van der Waals surface area contributed by atoms with Crippen molar-refractivity contribution in [3.05, 3.63) is 42.1 Å². The van der Waals surface area contributed by atoms with E-state index in [2.05, 4.69) is 17.0 Å². The van der Waals surface area contributed by atoms with Crippen molar-refractivity contribution in [1.29, 1.82) is 0 Å². The van der Waals surface area contributed by atoms with Gasteiger partial charge in [0, 0.05) is 31.3 Å². The van der Waals surface area contributed by atoms with E-state index in [9.17, 15) is 0 Å². The minimum absolute atomic E-state index is 0.664. The van der Waals surface area contributed by atoms with E-state index in [0.717, 1.165) is 36.7 Å². The molecule has 0 amide bonds. The second-order valence-electron chi connectivity index (χ2n) is 4.21. The Balaban J connectivity index is 2.06. The monoisotopic (exact) mass is 245 g/mol. The SMILES string of the molecule is CCN(CCN)Cc1cc(-c2ccccc2)on1. The second-order valence-corrected chi connectivity index (χ2v) is 4.21. The highest BCUT2D eigenvalue weighted by molar-refractivity contribution is 5.56. The second kappa shape index (κ2) is 6.33. The van der Waals surface area contributed by atoms with Gasteiger partial charge in [0.25, 0.3) is 0 Å². The number of nitrogens with two attached hydrogens (primary N) is 1. The first kappa shape index (κ1) is 12.8. The van der Waals surface area contributed by atoms with E-state index in [1.54, 1.807) is 0 Å². The Labute approximate surface area is 107 Å². The molecule has 0 aliphatic carbocycles. The zero-order valence-electron chi connectivity index (χ0n) is 10.7. The lowest BCUT2D eigenvalue weighted by Crippen LogP contribution is -2.28. The topological polar surface area (TPSA) is 55.3 Å². The van der Waals surface area contributed by atoms with Crippen LogP contribution in [0.3, 0.4) is 0 Å². The number of nitrogens with zero attached hydrogens (tertiary/aromatic N) is 2. The van der Waals surface area contributed by atoms with Crippen molar-refractivity contribution in [2.45, 2.75) is 13.5 Å². The standard InChI is InChI=1S/C14H19N3O/c1-2-17(9-8-15)11-13-10-14(18-16-13)12-6-4-3-5-7-12/h3-7,10H,2,8-9,11,15H2,1H3. The molecule has 4 nitrogen and oxygen atoms in total. The van der Waals surface area contributed by atoms with Crippen LogP contribution in [0.1, 0.15) is 12.6 Å². The summed E-state index contributed by atoms with van der Waals surface area (Å²) in [4.78, 5) is 2.24. The van der Waals surface area contributed by atoms with Crippen molar-refractivity contribution in [3.63, 3.8) is 0 Å². The average Bonchev–Trinajstić information content (AvgIpc) is 2.88. The number of benzene rings is 1. The fourth-order valence-corrected chi connectivity index (χ4v) is 1.89. The predicted octanol–water partition coefficient (Wildman–Crippen LogP) is 2.12. The Morgan fingerprint density at radius 3 is 2.72 bits per heavy atom. The highest BCUT2D eigenvalue weighted by Gasteiger charge is 2.09. The lowest BCUT2D eigenvalue weighted by atomic mass is 10.1. The third kappa shape index (κ3) is 3.18. The summed E-state index contributed by atoms with van der Waals surface area (Å²) in [6, 6.07) is 12.0. The van der Waals surface area contributed by atoms with Crippen LogP contribution in [0, 0.1) is 0 Å². The van der Waals surface area contributed by atoms with Crippen LogP contribution >= 0.6 is 0 Å². The highest BCUT2D eigenvalue weighted by Crippen LogP contribution is 2.20. The summed E-state index contributed by atoms with van der Waals surface area (Å²) in [6.45, 7) is 5.41. The molecule has 2 aromatic rings. The van der Waals surface area contributed by atoms with Gasteiger partial charge >= 0.3 is 0 Å². The van der Waals surface area contributed by atoms with Crippen molar-refractivity contribution >= 4 is 0 Å².